The molecule has 0 radical (unpaired) electrons. The van der Waals surface area contributed by atoms with Crippen molar-refractivity contribution in [2.45, 2.75) is 32.6 Å². The molecule has 1 aliphatic rings. The summed E-state index contributed by atoms with van der Waals surface area (Å²) in [4.78, 5) is 12.9. The maximum Gasteiger partial charge on any atom is 0.164 e. The molecule has 2 aromatic heterocycles. The van der Waals surface area contributed by atoms with Crippen LogP contribution in [0.15, 0.2) is 73.3 Å². The molecule has 0 aliphatic heterocycles. The molecule has 176 valence electrons. The Hall–Kier alpha value is -2.80. The molecule has 2 aromatic carbocycles. The number of aromatic nitrogens is 4. The van der Waals surface area contributed by atoms with Gasteiger partial charge in [-0.2, -0.15) is 0 Å². The lowest BCUT2D eigenvalue weighted by Gasteiger charge is -2.25. The Morgan fingerprint density at radius 2 is 1.44 bits per heavy atom. The summed E-state index contributed by atoms with van der Waals surface area (Å²) in [5, 5.41) is 0.394. The van der Waals surface area contributed by atoms with Gasteiger partial charge in [-0.25, -0.2) is 15.0 Å². The highest BCUT2D eigenvalue weighted by atomic mass is 35.5. The maximum atomic E-state index is 6.23. The van der Waals surface area contributed by atoms with Crippen molar-refractivity contribution < 1.29 is 9.47 Å². The van der Waals surface area contributed by atoms with E-state index < -0.39 is 0 Å². The largest absolute Gasteiger partial charge is 0.376 e. The number of nitrogens with zero attached hydrogens (tertiary/aromatic N) is 4. The third-order valence-corrected chi connectivity index (χ3v) is 7.05. The van der Waals surface area contributed by atoms with Gasteiger partial charge < -0.3 is 14.0 Å². The van der Waals surface area contributed by atoms with Crippen molar-refractivity contribution in [1.82, 2.24) is 19.5 Å². The molecule has 3 atom stereocenters. The van der Waals surface area contributed by atoms with Crippen molar-refractivity contribution in [2.75, 3.05) is 13.2 Å². The first-order valence-electron chi connectivity index (χ1n) is 11.8. The van der Waals surface area contributed by atoms with Crippen LogP contribution in [-0.4, -0.2) is 32.7 Å². The predicted molar refractivity (Wildman–Crippen MR) is 132 cm³/mol. The summed E-state index contributed by atoms with van der Waals surface area (Å²) < 4.78 is 14.5. The molecule has 4 aromatic rings. The number of fused-ring (bicyclic) bond motifs is 1. The van der Waals surface area contributed by atoms with E-state index in [0.717, 1.165) is 31.6 Å². The van der Waals surface area contributed by atoms with E-state index in [1.54, 1.807) is 0 Å². The smallest absolute Gasteiger partial charge is 0.164 e. The summed E-state index contributed by atoms with van der Waals surface area (Å²) in [5.74, 6) is 1.30. The second-order valence-corrected chi connectivity index (χ2v) is 9.35. The third kappa shape index (κ3) is 5.46. The zero-order valence-corrected chi connectivity index (χ0v) is 19.8. The first kappa shape index (κ1) is 23.0. The van der Waals surface area contributed by atoms with E-state index in [2.05, 4.69) is 68.0 Å². The Balaban J connectivity index is 1.26. The van der Waals surface area contributed by atoms with E-state index in [4.69, 9.17) is 21.1 Å². The lowest BCUT2D eigenvalue weighted by molar-refractivity contribution is 0.0196. The van der Waals surface area contributed by atoms with Crippen LogP contribution in [0.1, 0.15) is 24.0 Å². The Labute approximate surface area is 204 Å². The van der Waals surface area contributed by atoms with Crippen LogP contribution in [0.3, 0.4) is 0 Å². The number of benzene rings is 2. The first-order valence-corrected chi connectivity index (χ1v) is 12.2. The summed E-state index contributed by atoms with van der Waals surface area (Å²) in [6.07, 6.45) is 5.57. The van der Waals surface area contributed by atoms with E-state index in [-0.39, 0.29) is 0 Å². The molecule has 0 saturated heterocycles. The van der Waals surface area contributed by atoms with Crippen LogP contribution in [0.2, 0.25) is 5.15 Å². The fourth-order valence-corrected chi connectivity index (χ4v) is 5.15. The van der Waals surface area contributed by atoms with Crippen LogP contribution in [0, 0.1) is 17.8 Å². The lowest BCUT2D eigenvalue weighted by atomic mass is 9.90. The number of imidazole rings is 1. The van der Waals surface area contributed by atoms with Gasteiger partial charge in [-0.15, -0.1) is 0 Å². The molecule has 0 N–H and O–H groups in total. The molecule has 0 amide bonds. The van der Waals surface area contributed by atoms with E-state index in [1.807, 2.05) is 18.5 Å². The number of ether oxygens (including phenoxy) is 2. The zero-order valence-electron chi connectivity index (χ0n) is 19.1. The van der Waals surface area contributed by atoms with Gasteiger partial charge in [0.1, 0.15) is 11.8 Å². The van der Waals surface area contributed by atoms with Crippen LogP contribution >= 0.6 is 11.6 Å². The molecule has 0 unspecified atom stereocenters. The van der Waals surface area contributed by atoms with Crippen molar-refractivity contribution >= 4 is 22.8 Å². The molecule has 5 rings (SSSR count). The number of halogens is 1. The van der Waals surface area contributed by atoms with Crippen molar-refractivity contribution in [1.29, 1.82) is 0 Å². The number of rotatable bonds is 10. The van der Waals surface area contributed by atoms with Crippen LogP contribution in [0.5, 0.6) is 0 Å². The van der Waals surface area contributed by atoms with Crippen LogP contribution < -0.4 is 0 Å². The average molecular weight is 477 g/mol. The minimum atomic E-state index is 0.394. The quantitative estimate of drug-likeness (QED) is 0.280. The molecule has 34 heavy (non-hydrogen) atoms. The zero-order chi connectivity index (χ0) is 23.2. The summed E-state index contributed by atoms with van der Waals surface area (Å²) in [7, 11) is 0. The Kier molecular flexibility index (Phi) is 7.49. The highest BCUT2D eigenvalue weighted by molar-refractivity contribution is 6.33. The van der Waals surface area contributed by atoms with Crippen molar-refractivity contribution in [2.24, 2.45) is 17.8 Å². The van der Waals surface area contributed by atoms with E-state index in [9.17, 15) is 0 Å². The minimum absolute atomic E-state index is 0.394. The molecule has 6 nitrogen and oxygen atoms in total. The Morgan fingerprint density at radius 3 is 2.15 bits per heavy atom. The number of hydrogen-bond donors (Lipinski definition) is 0. The number of hydrogen-bond acceptors (Lipinski definition) is 5. The van der Waals surface area contributed by atoms with Gasteiger partial charge in [-0.1, -0.05) is 72.3 Å². The van der Waals surface area contributed by atoms with Gasteiger partial charge in [0.25, 0.3) is 0 Å². The summed E-state index contributed by atoms with van der Waals surface area (Å²) in [6, 6.07) is 20.7. The normalized spacial score (nSPS) is 20.2. The summed E-state index contributed by atoms with van der Waals surface area (Å²) >= 11 is 6.21. The van der Waals surface area contributed by atoms with Gasteiger partial charge in [0.15, 0.2) is 10.8 Å². The van der Waals surface area contributed by atoms with E-state index in [1.165, 1.54) is 17.5 Å². The highest BCUT2D eigenvalue weighted by Gasteiger charge is 2.36. The summed E-state index contributed by atoms with van der Waals surface area (Å²) in [5.41, 5.74) is 3.84. The lowest BCUT2D eigenvalue weighted by Crippen LogP contribution is -2.26. The minimum Gasteiger partial charge on any atom is -0.376 e. The van der Waals surface area contributed by atoms with Crippen LogP contribution in [0.25, 0.3) is 11.2 Å². The van der Waals surface area contributed by atoms with Crippen LogP contribution in [-0.2, 0) is 29.2 Å². The second-order valence-electron chi connectivity index (χ2n) is 9.00. The fraction of sp³-hybridized carbons (Fsp3) is 0.370. The van der Waals surface area contributed by atoms with Crippen LogP contribution in [0.4, 0.5) is 0 Å². The van der Waals surface area contributed by atoms with Crippen molar-refractivity contribution in [3.8, 4) is 0 Å². The highest BCUT2D eigenvalue weighted by Crippen LogP contribution is 2.39. The van der Waals surface area contributed by atoms with E-state index >= 15 is 0 Å². The molecule has 2 heterocycles. The monoisotopic (exact) mass is 476 g/mol. The van der Waals surface area contributed by atoms with Gasteiger partial charge in [-0.3, -0.25) is 0 Å². The maximum absolute atomic E-state index is 6.23. The topological polar surface area (TPSA) is 62.1 Å². The Morgan fingerprint density at radius 1 is 0.794 bits per heavy atom. The molecule has 1 aliphatic carbocycles. The van der Waals surface area contributed by atoms with Crippen molar-refractivity contribution in [3.63, 3.8) is 0 Å². The molecule has 0 spiro atoms. The third-order valence-electron chi connectivity index (χ3n) is 6.77. The predicted octanol–water partition coefficient (Wildman–Crippen LogP) is 5.56. The van der Waals surface area contributed by atoms with Gasteiger partial charge in [0.05, 0.1) is 32.8 Å². The Bertz CT molecular complexity index is 1190. The molecular weight excluding hydrogens is 448 g/mol. The van der Waals surface area contributed by atoms with Gasteiger partial charge in [-0.05, 0) is 41.7 Å². The van der Waals surface area contributed by atoms with Crippen molar-refractivity contribution in [3.05, 3.63) is 89.6 Å². The SMILES string of the molecule is Clc1ncnc2c1ncn2C[C@H]1CC[C@H](COCc2ccccc2)[C@H]1COCc1ccccc1. The van der Waals surface area contributed by atoms with Gasteiger partial charge >= 0.3 is 0 Å². The molecule has 7 heteroatoms. The average Bonchev–Trinajstić information content (AvgIpc) is 3.46. The second kappa shape index (κ2) is 11.1. The molecule has 1 fully saturated rings. The van der Waals surface area contributed by atoms with E-state index in [0.29, 0.717) is 48.2 Å². The van der Waals surface area contributed by atoms with Gasteiger partial charge in [0, 0.05) is 6.54 Å². The van der Waals surface area contributed by atoms with Gasteiger partial charge in [0.2, 0.25) is 0 Å². The molecule has 1 saturated carbocycles. The standard InChI is InChI=1S/C27H29ClN4O2/c28-26-25-27(30-18-29-26)32(19-31-25)13-22-11-12-23(16-33-14-20-7-3-1-4-8-20)24(22)17-34-15-21-9-5-2-6-10-21/h1-10,18-19,22-24H,11-17H2/t22-,23-,24+/m1/s1. The fourth-order valence-electron chi connectivity index (χ4n) is 4.97. The summed E-state index contributed by atoms with van der Waals surface area (Å²) in [6.45, 7) is 3.54. The molecule has 0 bridgehead atoms. The molecular formula is C27H29ClN4O2. The first-order chi connectivity index (χ1) is 16.8.